The molecule has 10 rings (SSSR count). The summed E-state index contributed by atoms with van der Waals surface area (Å²) in [6, 6.07) is 45.2. The van der Waals surface area contributed by atoms with E-state index < -0.39 is 0 Å². The van der Waals surface area contributed by atoms with Gasteiger partial charge in [-0.2, -0.15) is 0 Å². The van der Waals surface area contributed by atoms with Gasteiger partial charge >= 0.3 is 0 Å². The number of fused-ring (bicyclic) bond motifs is 6. The molecular weight excluding hydrogens is 673 g/mol. The Kier molecular flexibility index (Phi) is 8.92. The van der Waals surface area contributed by atoms with Crippen LogP contribution in [0.4, 0.5) is 0 Å². The molecule has 0 heterocycles. The van der Waals surface area contributed by atoms with Crippen LogP contribution in [0, 0.1) is 12.3 Å². The highest BCUT2D eigenvalue weighted by Gasteiger charge is 2.57. The summed E-state index contributed by atoms with van der Waals surface area (Å²) >= 11 is 0. The third kappa shape index (κ3) is 5.46. The standard InChI is InChI=1S/C34H30.C22H28/c1-24-14-9-11-22-31(24)34(27-17-7-4-8-18-27)32-23-12-10-19-29(32)30-21-13-20-28(33(30)34)25(2)26-15-5-3-6-16-26;1-15-9-8-12-18-19(15)21(4,5)14-22(18)13-20(2,3)16-10-6-7-11-17(16)22/h3-8,10,12-23,25H,9,11H2,1-2H3;7-9,11-12H,6,10,13-14H2,1-5H3. The van der Waals surface area contributed by atoms with Crippen LogP contribution in [0.1, 0.15) is 130 Å². The van der Waals surface area contributed by atoms with Gasteiger partial charge < -0.3 is 0 Å². The van der Waals surface area contributed by atoms with Gasteiger partial charge in [-0.3, -0.25) is 0 Å². The zero-order chi connectivity index (χ0) is 38.9. The van der Waals surface area contributed by atoms with E-state index in [2.05, 4.69) is 194 Å². The number of allylic oxidation sites excluding steroid dienone is 8. The van der Waals surface area contributed by atoms with Crippen LogP contribution in [0.5, 0.6) is 0 Å². The molecule has 0 N–H and O–H groups in total. The van der Waals surface area contributed by atoms with E-state index in [0.29, 0.717) is 11.3 Å². The van der Waals surface area contributed by atoms with Crippen molar-refractivity contribution in [1.82, 2.24) is 0 Å². The number of rotatable bonds is 4. The molecule has 0 nitrogen and oxygen atoms in total. The van der Waals surface area contributed by atoms with Crippen molar-refractivity contribution < 1.29 is 0 Å². The monoisotopic (exact) mass is 730 g/mol. The van der Waals surface area contributed by atoms with E-state index in [4.69, 9.17) is 0 Å². The predicted molar refractivity (Wildman–Crippen MR) is 238 cm³/mol. The number of benzene rings is 5. The summed E-state index contributed by atoms with van der Waals surface area (Å²) in [5, 5.41) is 0. The minimum Gasteiger partial charge on any atom is -0.0839 e. The van der Waals surface area contributed by atoms with Crippen molar-refractivity contribution in [3.05, 3.63) is 212 Å². The Balaban J connectivity index is 0.000000161. The Morgan fingerprint density at radius 2 is 1.21 bits per heavy atom. The molecule has 5 aliphatic rings. The van der Waals surface area contributed by atoms with Gasteiger partial charge in [0.2, 0.25) is 0 Å². The van der Waals surface area contributed by atoms with Crippen molar-refractivity contribution in [3.63, 3.8) is 0 Å². The molecule has 3 atom stereocenters. The van der Waals surface area contributed by atoms with Crippen molar-refractivity contribution in [3.8, 4) is 11.1 Å². The zero-order valence-electron chi connectivity index (χ0n) is 34.7. The molecule has 0 heteroatoms. The zero-order valence-corrected chi connectivity index (χ0v) is 34.7. The van der Waals surface area contributed by atoms with Crippen LogP contribution in [0.15, 0.2) is 168 Å². The molecule has 5 aromatic carbocycles. The molecule has 0 bridgehead atoms. The maximum absolute atomic E-state index is 2.51. The molecule has 0 aromatic heterocycles. The molecule has 1 spiro atoms. The van der Waals surface area contributed by atoms with Crippen LogP contribution in [0.2, 0.25) is 0 Å². The summed E-state index contributed by atoms with van der Waals surface area (Å²) in [5.41, 5.74) is 21.3. The van der Waals surface area contributed by atoms with Crippen LogP contribution in [0.25, 0.3) is 11.1 Å². The fraction of sp³-hybridized carbons (Fsp3) is 0.321. The van der Waals surface area contributed by atoms with Gasteiger partial charge in [0.1, 0.15) is 0 Å². The van der Waals surface area contributed by atoms with Crippen molar-refractivity contribution >= 4 is 0 Å². The van der Waals surface area contributed by atoms with Gasteiger partial charge in [-0.05, 0) is 130 Å². The molecule has 5 aliphatic carbocycles. The predicted octanol–water partition coefficient (Wildman–Crippen LogP) is 14.8. The normalized spacial score (nSPS) is 24.0. The van der Waals surface area contributed by atoms with Crippen LogP contribution >= 0.6 is 0 Å². The Labute approximate surface area is 336 Å². The minimum absolute atomic E-state index is 0.264. The first-order valence-electron chi connectivity index (χ1n) is 21.2. The average Bonchev–Trinajstić information content (AvgIpc) is 3.74. The highest BCUT2D eigenvalue weighted by Crippen LogP contribution is 2.65. The lowest BCUT2D eigenvalue weighted by Crippen LogP contribution is -2.32. The molecule has 56 heavy (non-hydrogen) atoms. The Morgan fingerprint density at radius 1 is 0.571 bits per heavy atom. The Hall–Kier alpha value is -4.94. The molecule has 0 fully saturated rings. The van der Waals surface area contributed by atoms with E-state index in [0.717, 1.165) is 12.8 Å². The summed E-state index contributed by atoms with van der Waals surface area (Å²) in [6.45, 7) is 16.8. The molecule has 0 saturated carbocycles. The number of hydrogen-bond donors (Lipinski definition) is 0. The lowest BCUT2D eigenvalue weighted by molar-refractivity contribution is 0.315. The molecule has 282 valence electrons. The smallest absolute Gasteiger partial charge is 0.0715 e. The highest BCUT2D eigenvalue weighted by molar-refractivity contribution is 5.88. The van der Waals surface area contributed by atoms with Crippen LogP contribution in [-0.2, 0) is 16.2 Å². The number of hydrogen-bond acceptors (Lipinski definition) is 0. The second-order valence-electron chi connectivity index (χ2n) is 18.7. The van der Waals surface area contributed by atoms with E-state index in [-0.39, 0.29) is 16.2 Å². The fourth-order valence-corrected chi connectivity index (χ4v) is 12.4. The Morgan fingerprint density at radius 3 is 1.98 bits per heavy atom. The first kappa shape index (κ1) is 36.7. The molecule has 0 radical (unpaired) electrons. The van der Waals surface area contributed by atoms with Gasteiger partial charge in [-0.25, -0.2) is 0 Å². The lowest BCUT2D eigenvalue weighted by atomic mass is 9.62. The van der Waals surface area contributed by atoms with E-state index in [9.17, 15) is 0 Å². The molecule has 5 aromatic rings. The van der Waals surface area contributed by atoms with E-state index in [1.54, 1.807) is 22.3 Å². The van der Waals surface area contributed by atoms with Crippen LogP contribution < -0.4 is 0 Å². The highest BCUT2D eigenvalue weighted by atomic mass is 14.6. The Bertz CT molecular complexity index is 2440. The molecule has 3 unspecified atom stereocenters. The van der Waals surface area contributed by atoms with Gasteiger partial charge in [-0.1, -0.05) is 191 Å². The van der Waals surface area contributed by atoms with Gasteiger partial charge in [0, 0.05) is 11.3 Å². The van der Waals surface area contributed by atoms with Crippen LogP contribution in [0.3, 0.4) is 0 Å². The van der Waals surface area contributed by atoms with Crippen molar-refractivity contribution in [2.24, 2.45) is 5.41 Å². The molecular formula is C56H58. The van der Waals surface area contributed by atoms with Gasteiger partial charge in [0.15, 0.2) is 0 Å². The van der Waals surface area contributed by atoms with E-state index >= 15 is 0 Å². The van der Waals surface area contributed by atoms with Gasteiger partial charge in [0.25, 0.3) is 0 Å². The second-order valence-corrected chi connectivity index (χ2v) is 18.7. The van der Waals surface area contributed by atoms with Gasteiger partial charge in [0.05, 0.1) is 5.41 Å². The SMILES string of the molecule is CC1=CCCC=C1C1(c2ccccc2)c2ccccc2-c2cccc(C(C)c3ccccc3)c21.Cc1cccc2c1C(C)(C)CC21CC(C)(C)C2=C1C=CCC2. The van der Waals surface area contributed by atoms with Crippen molar-refractivity contribution in [2.45, 2.75) is 109 Å². The summed E-state index contributed by atoms with van der Waals surface area (Å²) < 4.78 is 0. The molecule has 0 aliphatic heterocycles. The van der Waals surface area contributed by atoms with Gasteiger partial charge in [-0.15, -0.1) is 0 Å². The maximum atomic E-state index is 2.51. The quantitative estimate of drug-likeness (QED) is 0.173. The summed E-state index contributed by atoms with van der Waals surface area (Å²) in [4.78, 5) is 0. The first-order valence-corrected chi connectivity index (χ1v) is 21.2. The minimum atomic E-state index is -0.312. The van der Waals surface area contributed by atoms with E-state index in [1.165, 1.54) is 81.3 Å². The average molecular weight is 731 g/mol. The summed E-state index contributed by atoms with van der Waals surface area (Å²) in [5.74, 6) is 0.294. The van der Waals surface area contributed by atoms with E-state index in [1.807, 2.05) is 0 Å². The van der Waals surface area contributed by atoms with Crippen molar-refractivity contribution in [2.75, 3.05) is 0 Å². The fourth-order valence-electron chi connectivity index (χ4n) is 12.4. The molecule has 0 amide bonds. The summed E-state index contributed by atoms with van der Waals surface area (Å²) in [7, 11) is 0. The largest absolute Gasteiger partial charge is 0.0839 e. The van der Waals surface area contributed by atoms with Crippen LogP contribution in [-0.4, -0.2) is 0 Å². The third-order valence-electron chi connectivity index (χ3n) is 14.3. The third-order valence-corrected chi connectivity index (χ3v) is 14.3. The summed E-state index contributed by atoms with van der Waals surface area (Å²) in [6.07, 6.45) is 17.1. The molecule has 0 saturated heterocycles. The number of aryl methyl sites for hydroxylation is 1. The topological polar surface area (TPSA) is 0 Å². The van der Waals surface area contributed by atoms with Crippen molar-refractivity contribution in [1.29, 1.82) is 0 Å². The lowest BCUT2D eigenvalue weighted by Gasteiger charge is -2.39. The second kappa shape index (κ2) is 13.6. The maximum Gasteiger partial charge on any atom is 0.0715 e. The first-order chi connectivity index (χ1) is 27.0.